The molecule has 2 heterocycles. The summed E-state index contributed by atoms with van der Waals surface area (Å²) >= 11 is 6.81. The number of aromatic nitrogens is 1. The number of amides is 1. The molecule has 1 saturated heterocycles. The molecule has 1 fully saturated rings. The van der Waals surface area contributed by atoms with Crippen LogP contribution in [0.2, 0.25) is 0 Å². The SMILES string of the molecule is CCCC[C@@H](CC)CN1C(=O)/C(=C/c2ccncc2)SC1=S. The van der Waals surface area contributed by atoms with Crippen LogP contribution in [-0.4, -0.2) is 26.7 Å². The van der Waals surface area contributed by atoms with Crippen LogP contribution >= 0.6 is 24.0 Å². The quantitative estimate of drug-likeness (QED) is 0.543. The van der Waals surface area contributed by atoms with Gasteiger partial charge in [0.15, 0.2) is 0 Å². The minimum Gasteiger partial charge on any atom is -0.293 e. The van der Waals surface area contributed by atoms with E-state index in [9.17, 15) is 4.79 Å². The van der Waals surface area contributed by atoms with E-state index in [1.165, 1.54) is 24.6 Å². The second-order valence-electron chi connectivity index (χ2n) is 5.49. The molecule has 0 aliphatic carbocycles. The Morgan fingerprint density at radius 3 is 2.73 bits per heavy atom. The van der Waals surface area contributed by atoms with Crippen molar-refractivity contribution in [3.63, 3.8) is 0 Å². The van der Waals surface area contributed by atoms with E-state index in [2.05, 4.69) is 18.8 Å². The zero-order chi connectivity index (χ0) is 15.9. The van der Waals surface area contributed by atoms with E-state index < -0.39 is 0 Å². The van der Waals surface area contributed by atoms with E-state index in [0.29, 0.717) is 15.1 Å². The van der Waals surface area contributed by atoms with Crippen LogP contribution in [-0.2, 0) is 4.79 Å². The molecule has 0 aromatic carbocycles. The number of hydrogen-bond donors (Lipinski definition) is 0. The van der Waals surface area contributed by atoms with Crippen molar-refractivity contribution >= 4 is 40.3 Å². The molecule has 1 atom stereocenters. The zero-order valence-corrected chi connectivity index (χ0v) is 14.8. The van der Waals surface area contributed by atoms with Crippen molar-refractivity contribution in [2.24, 2.45) is 5.92 Å². The molecule has 0 saturated carbocycles. The minimum atomic E-state index is 0.0433. The van der Waals surface area contributed by atoms with Crippen molar-refractivity contribution in [2.75, 3.05) is 6.54 Å². The fraction of sp³-hybridized carbons (Fsp3) is 0.471. The molecule has 2 rings (SSSR count). The maximum atomic E-state index is 12.6. The first-order valence-electron chi connectivity index (χ1n) is 7.81. The average Bonchev–Trinajstić information content (AvgIpc) is 2.79. The minimum absolute atomic E-state index is 0.0433. The summed E-state index contributed by atoms with van der Waals surface area (Å²) in [5, 5.41) is 0. The van der Waals surface area contributed by atoms with E-state index in [1.54, 1.807) is 17.3 Å². The molecule has 1 aliphatic heterocycles. The Bertz CT molecular complexity index is 557. The smallest absolute Gasteiger partial charge is 0.266 e. The number of unbranched alkanes of at least 4 members (excludes halogenated alkanes) is 1. The first kappa shape index (κ1) is 17.2. The number of carbonyl (C=O) groups excluding carboxylic acids is 1. The Hall–Kier alpha value is -1.20. The predicted octanol–water partition coefficient (Wildman–Crippen LogP) is 4.50. The second kappa shape index (κ2) is 8.44. The van der Waals surface area contributed by atoms with Crippen molar-refractivity contribution in [3.05, 3.63) is 35.0 Å². The number of carbonyl (C=O) groups is 1. The maximum Gasteiger partial charge on any atom is 0.266 e. The van der Waals surface area contributed by atoms with Crippen LogP contribution in [0.1, 0.15) is 45.1 Å². The normalized spacial score (nSPS) is 18.3. The standard InChI is InChI=1S/C17H22N2OS2/c1-3-5-6-13(4-2)12-19-16(20)15(22-17(19)21)11-14-7-9-18-10-8-14/h7-11,13H,3-6,12H2,1-2H3/b15-11-/t13-/m1/s1. The van der Waals surface area contributed by atoms with Crippen molar-refractivity contribution in [2.45, 2.75) is 39.5 Å². The summed E-state index contributed by atoms with van der Waals surface area (Å²) in [6, 6.07) is 3.78. The van der Waals surface area contributed by atoms with Crippen LogP contribution in [0.15, 0.2) is 29.4 Å². The molecule has 0 bridgehead atoms. The lowest BCUT2D eigenvalue weighted by Gasteiger charge is -2.21. The zero-order valence-electron chi connectivity index (χ0n) is 13.1. The highest BCUT2D eigenvalue weighted by atomic mass is 32.2. The van der Waals surface area contributed by atoms with Gasteiger partial charge in [-0.2, -0.15) is 0 Å². The molecule has 118 valence electrons. The van der Waals surface area contributed by atoms with E-state index in [1.807, 2.05) is 18.2 Å². The van der Waals surface area contributed by atoms with E-state index in [-0.39, 0.29) is 5.91 Å². The number of thioether (sulfide) groups is 1. The van der Waals surface area contributed by atoms with Gasteiger partial charge in [0.2, 0.25) is 0 Å². The van der Waals surface area contributed by atoms with Crippen molar-refractivity contribution in [3.8, 4) is 0 Å². The highest BCUT2D eigenvalue weighted by Gasteiger charge is 2.33. The molecule has 1 amide bonds. The van der Waals surface area contributed by atoms with Gasteiger partial charge in [-0.3, -0.25) is 14.7 Å². The number of nitrogens with zero attached hydrogens (tertiary/aromatic N) is 2. The third-order valence-electron chi connectivity index (χ3n) is 3.86. The second-order valence-corrected chi connectivity index (χ2v) is 7.17. The molecule has 1 aromatic rings. The van der Waals surface area contributed by atoms with Gasteiger partial charge in [0.05, 0.1) is 4.91 Å². The lowest BCUT2D eigenvalue weighted by molar-refractivity contribution is -0.122. The predicted molar refractivity (Wildman–Crippen MR) is 97.4 cm³/mol. The lowest BCUT2D eigenvalue weighted by atomic mass is 9.99. The number of pyridine rings is 1. The van der Waals surface area contributed by atoms with Crippen molar-refractivity contribution in [1.29, 1.82) is 0 Å². The van der Waals surface area contributed by atoms with Crippen molar-refractivity contribution in [1.82, 2.24) is 9.88 Å². The molecule has 1 aliphatic rings. The summed E-state index contributed by atoms with van der Waals surface area (Å²) in [6.45, 7) is 5.13. The average molecular weight is 335 g/mol. The fourth-order valence-electron chi connectivity index (χ4n) is 2.44. The Kier molecular flexibility index (Phi) is 6.58. The van der Waals surface area contributed by atoms with Crippen LogP contribution in [0.4, 0.5) is 0 Å². The summed E-state index contributed by atoms with van der Waals surface area (Å²) < 4.78 is 0.681. The Balaban J connectivity index is 2.07. The van der Waals surface area contributed by atoms with Crippen LogP contribution < -0.4 is 0 Å². The molecular formula is C17H22N2OS2. The van der Waals surface area contributed by atoms with Gasteiger partial charge < -0.3 is 0 Å². The molecule has 0 spiro atoms. The van der Waals surface area contributed by atoms with Crippen LogP contribution in [0.25, 0.3) is 6.08 Å². The number of rotatable bonds is 7. The first-order valence-corrected chi connectivity index (χ1v) is 9.03. The summed E-state index contributed by atoms with van der Waals surface area (Å²) in [5.41, 5.74) is 0.980. The lowest BCUT2D eigenvalue weighted by Crippen LogP contribution is -2.33. The Labute approximate surface area is 142 Å². The third kappa shape index (κ3) is 4.40. The van der Waals surface area contributed by atoms with Crippen LogP contribution in [0, 0.1) is 5.92 Å². The largest absolute Gasteiger partial charge is 0.293 e. The third-order valence-corrected chi connectivity index (χ3v) is 5.24. The molecule has 0 unspecified atom stereocenters. The van der Waals surface area contributed by atoms with E-state index in [4.69, 9.17) is 12.2 Å². The monoisotopic (exact) mass is 334 g/mol. The Morgan fingerprint density at radius 2 is 2.09 bits per heavy atom. The fourth-order valence-corrected chi connectivity index (χ4v) is 3.72. The van der Waals surface area contributed by atoms with Crippen LogP contribution in [0.5, 0.6) is 0 Å². The molecule has 0 radical (unpaired) electrons. The number of hydrogen-bond acceptors (Lipinski definition) is 4. The molecule has 0 N–H and O–H groups in total. The summed E-state index contributed by atoms with van der Waals surface area (Å²) in [5.74, 6) is 0.574. The van der Waals surface area contributed by atoms with E-state index in [0.717, 1.165) is 24.9 Å². The molecule has 5 heteroatoms. The maximum absolute atomic E-state index is 12.6. The summed E-state index contributed by atoms with van der Waals surface area (Å²) in [4.78, 5) is 19.1. The van der Waals surface area contributed by atoms with Gasteiger partial charge >= 0.3 is 0 Å². The molecule has 3 nitrogen and oxygen atoms in total. The van der Waals surface area contributed by atoms with Gasteiger partial charge in [0, 0.05) is 18.9 Å². The molecule has 22 heavy (non-hydrogen) atoms. The molecular weight excluding hydrogens is 312 g/mol. The van der Waals surface area contributed by atoms with E-state index >= 15 is 0 Å². The topological polar surface area (TPSA) is 33.2 Å². The van der Waals surface area contributed by atoms with Gasteiger partial charge in [-0.25, -0.2) is 0 Å². The summed E-state index contributed by atoms with van der Waals surface area (Å²) in [7, 11) is 0. The van der Waals surface area contributed by atoms with Crippen molar-refractivity contribution < 1.29 is 4.79 Å². The van der Waals surface area contributed by atoms with Gasteiger partial charge in [-0.15, -0.1) is 0 Å². The van der Waals surface area contributed by atoms with Gasteiger partial charge in [-0.1, -0.05) is 57.1 Å². The highest BCUT2D eigenvalue weighted by molar-refractivity contribution is 8.26. The summed E-state index contributed by atoms with van der Waals surface area (Å²) in [6.07, 6.45) is 9.99. The Morgan fingerprint density at radius 1 is 1.36 bits per heavy atom. The molecule has 1 aromatic heterocycles. The van der Waals surface area contributed by atoms with Crippen LogP contribution in [0.3, 0.4) is 0 Å². The first-order chi connectivity index (χ1) is 10.7. The van der Waals surface area contributed by atoms with Gasteiger partial charge in [0.25, 0.3) is 5.91 Å². The number of thiocarbonyl (C=S) groups is 1. The van der Waals surface area contributed by atoms with Gasteiger partial charge in [0.1, 0.15) is 4.32 Å². The highest BCUT2D eigenvalue weighted by Crippen LogP contribution is 2.33. The van der Waals surface area contributed by atoms with Gasteiger partial charge in [-0.05, 0) is 36.1 Å².